The zero-order valence-corrected chi connectivity index (χ0v) is 10.7. The smallest absolute Gasteiger partial charge is 0.262 e. The van der Waals surface area contributed by atoms with Crippen LogP contribution in [0.15, 0.2) is 24.3 Å². The van der Waals surface area contributed by atoms with Crippen molar-refractivity contribution in [2.45, 2.75) is 5.37 Å². The quantitative estimate of drug-likeness (QED) is 0.489. The molecule has 1 unspecified atom stereocenters. The number of imide groups is 1. The van der Waals surface area contributed by atoms with Gasteiger partial charge in [0.1, 0.15) is 0 Å². The second kappa shape index (κ2) is 5.12. The minimum absolute atomic E-state index is 0.231. The van der Waals surface area contributed by atoms with Gasteiger partial charge in [-0.3, -0.25) is 14.5 Å². The van der Waals surface area contributed by atoms with Crippen molar-refractivity contribution in [3.8, 4) is 0 Å². The molecule has 0 spiro atoms. The van der Waals surface area contributed by atoms with Crippen LogP contribution in [0.2, 0.25) is 0 Å². The summed E-state index contributed by atoms with van der Waals surface area (Å²) in [7, 11) is 0. The first-order valence-corrected chi connectivity index (χ1v) is 6.75. The average molecular weight is 268 g/mol. The Bertz CT molecular complexity index is 428. The summed E-state index contributed by atoms with van der Waals surface area (Å²) in [6.07, 6.45) is 0. The van der Waals surface area contributed by atoms with E-state index in [-0.39, 0.29) is 17.2 Å². The normalized spacial score (nSPS) is 16.2. The van der Waals surface area contributed by atoms with Gasteiger partial charge in [0.15, 0.2) is 0 Å². The van der Waals surface area contributed by atoms with Crippen molar-refractivity contribution < 1.29 is 9.59 Å². The number of thioether (sulfide) groups is 1. The average Bonchev–Trinajstić information content (AvgIpc) is 2.54. The Labute approximate surface area is 109 Å². The Morgan fingerprint density at radius 1 is 1.24 bits per heavy atom. The standard InChI is InChI=1S/C11H12N2O2S2/c12-9(16)5-17-6-13-10(14)7-3-1-2-4-8(7)11(13)15/h1-4,9,16H,5-6,12H2. The number of rotatable bonds is 4. The third-order valence-corrected chi connectivity index (χ3v) is 3.85. The van der Waals surface area contributed by atoms with Crippen molar-refractivity contribution in [2.24, 2.45) is 5.73 Å². The summed E-state index contributed by atoms with van der Waals surface area (Å²) in [4.78, 5) is 25.1. The van der Waals surface area contributed by atoms with Crippen LogP contribution in [0.3, 0.4) is 0 Å². The lowest BCUT2D eigenvalue weighted by atomic mass is 10.1. The molecule has 1 aromatic rings. The van der Waals surface area contributed by atoms with Gasteiger partial charge in [0, 0.05) is 5.75 Å². The molecule has 1 aliphatic rings. The molecule has 4 nitrogen and oxygen atoms in total. The lowest BCUT2D eigenvalue weighted by Gasteiger charge is -2.13. The van der Waals surface area contributed by atoms with E-state index in [2.05, 4.69) is 12.6 Å². The number of nitrogens with zero attached hydrogens (tertiary/aromatic N) is 1. The highest BCUT2D eigenvalue weighted by molar-refractivity contribution is 8.00. The number of nitrogens with two attached hydrogens (primary N) is 1. The molecule has 1 aromatic carbocycles. The van der Waals surface area contributed by atoms with Gasteiger partial charge >= 0.3 is 0 Å². The number of benzene rings is 1. The molecule has 1 heterocycles. The van der Waals surface area contributed by atoms with E-state index in [1.54, 1.807) is 24.3 Å². The van der Waals surface area contributed by atoms with E-state index in [0.717, 1.165) is 0 Å². The van der Waals surface area contributed by atoms with Crippen LogP contribution >= 0.6 is 24.4 Å². The summed E-state index contributed by atoms with van der Waals surface area (Å²) in [6.45, 7) is 0. The minimum atomic E-state index is -0.241. The van der Waals surface area contributed by atoms with E-state index in [4.69, 9.17) is 5.73 Å². The summed E-state index contributed by atoms with van der Waals surface area (Å²) in [5, 5.41) is -0.241. The van der Waals surface area contributed by atoms with Gasteiger partial charge in [-0.05, 0) is 12.1 Å². The van der Waals surface area contributed by atoms with Gasteiger partial charge in [-0.15, -0.1) is 11.8 Å². The highest BCUT2D eigenvalue weighted by Crippen LogP contribution is 2.24. The molecule has 0 bridgehead atoms. The predicted molar refractivity (Wildman–Crippen MR) is 71.2 cm³/mol. The van der Waals surface area contributed by atoms with Gasteiger partial charge in [0.2, 0.25) is 0 Å². The highest BCUT2D eigenvalue weighted by atomic mass is 32.2. The van der Waals surface area contributed by atoms with E-state index in [0.29, 0.717) is 22.8 Å². The van der Waals surface area contributed by atoms with Crippen LogP contribution in [0.1, 0.15) is 20.7 Å². The largest absolute Gasteiger partial charge is 0.319 e. The first-order valence-electron chi connectivity index (χ1n) is 5.08. The number of thiol groups is 1. The van der Waals surface area contributed by atoms with Gasteiger partial charge in [-0.25, -0.2) is 0 Å². The highest BCUT2D eigenvalue weighted by Gasteiger charge is 2.34. The van der Waals surface area contributed by atoms with Gasteiger partial charge in [0.25, 0.3) is 11.8 Å². The molecule has 1 atom stereocenters. The third-order valence-electron chi connectivity index (χ3n) is 2.39. The summed E-state index contributed by atoms with van der Waals surface area (Å²) in [6, 6.07) is 6.85. The van der Waals surface area contributed by atoms with Gasteiger partial charge < -0.3 is 5.73 Å². The summed E-state index contributed by atoms with van der Waals surface area (Å²) in [5.41, 5.74) is 6.45. The molecule has 0 fully saturated rings. The van der Waals surface area contributed by atoms with Gasteiger partial charge in [0.05, 0.1) is 22.4 Å². The first-order chi connectivity index (χ1) is 8.11. The Kier molecular flexibility index (Phi) is 3.76. The number of amides is 2. The summed E-state index contributed by atoms with van der Waals surface area (Å²) < 4.78 is 0. The van der Waals surface area contributed by atoms with Crippen LogP contribution in [0.4, 0.5) is 0 Å². The van der Waals surface area contributed by atoms with Crippen LogP contribution < -0.4 is 5.73 Å². The predicted octanol–water partition coefficient (Wildman–Crippen LogP) is 1.19. The lowest BCUT2D eigenvalue weighted by Crippen LogP contribution is -2.30. The topological polar surface area (TPSA) is 63.4 Å². The molecule has 1 aliphatic heterocycles. The second-order valence-corrected chi connectivity index (χ2v) is 5.31. The van der Waals surface area contributed by atoms with Crippen LogP contribution in [0, 0.1) is 0 Å². The van der Waals surface area contributed by atoms with Crippen LogP contribution in [-0.2, 0) is 0 Å². The molecular weight excluding hydrogens is 256 g/mol. The Hall–Kier alpha value is -0.980. The molecule has 0 aliphatic carbocycles. The van der Waals surface area contributed by atoms with E-state index < -0.39 is 0 Å². The SMILES string of the molecule is NC(S)CSCN1C(=O)c2ccccc2C1=O. The Balaban J connectivity index is 2.08. The fourth-order valence-corrected chi connectivity index (χ4v) is 2.70. The van der Waals surface area contributed by atoms with E-state index >= 15 is 0 Å². The van der Waals surface area contributed by atoms with E-state index in [1.165, 1.54) is 16.7 Å². The van der Waals surface area contributed by atoms with Crippen molar-refractivity contribution in [3.05, 3.63) is 35.4 Å². The van der Waals surface area contributed by atoms with Gasteiger partial charge in [-0.2, -0.15) is 12.6 Å². The van der Waals surface area contributed by atoms with Crippen LogP contribution in [0.5, 0.6) is 0 Å². The number of hydrogen-bond acceptors (Lipinski definition) is 5. The fraction of sp³-hybridized carbons (Fsp3) is 0.273. The second-order valence-electron chi connectivity index (χ2n) is 3.65. The number of hydrogen-bond donors (Lipinski definition) is 2. The molecule has 0 aromatic heterocycles. The maximum Gasteiger partial charge on any atom is 0.262 e. The maximum absolute atomic E-state index is 11.9. The third kappa shape index (κ3) is 2.48. The van der Waals surface area contributed by atoms with E-state index in [9.17, 15) is 9.59 Å². The molecule has 0 saturated carbocycles. The van der Waals surface area contributed by atoms with Crippen molar-refractivity contribution in [1.29, 1.82) is 0 Å². The first kappa shape index (κ1) is 12.5. The van der Waals surface area contributed by atoms with Crippen molar-refractivity contribution in [1.82, 2.24) is 4.90 Å². The molecule has 90 valence electrons. The van der Waals surface area contributed by atoms with Crippen molar-refractivity contribution >= 4 is 36.2 Å². The number of carbonyl (C=O) groups is 2. The molecule has 6 heteroatoms. The molecule has 2 N–H and O–H groups in total. The van der Waals surface area contributed by atoms with Crippen molar-refractivity contribution in [2.75, 3.05) is 11.6 Å². The van der Waals surface area contributed by atoms with Gasteiger partial charge in [-0.1, -0.05) is 12.1 Å². The van der Waals surface area contributed by atoms with Crippen molar-refractivity contribution in [3.63, 3.8) is 0 Å². The summed E-state index contributed by atoms with van der Waals surface area (Å²) in [5.74, 6) is 0.452. The monoisotopic (exact) mass is 268 g/mol. The van der Waals surface area contributed by atoms with Crippen LogP contribution in [0.25, 0.3) is 0 Å². The molecule has 17 heavy (non-hydrogen) atoms. The lowest BCUT2D eigenvalue weighted by molar-refractivity contribution is 0.0684. The zero-order chi connectivity index (χ0) is 12.4. The molecule has 2 amide bonds. The Morgan fingerprint density at radius 2 is 1.76 bits per heavy atom. The molecule has 2 rings (SSSR count). The number of fused-ring (bicyclic) bond motifs is 1. The van der Waals surface area contributed by atoms with Crippen LogP contribution in [-0.4, -0.2) is 33.7 Å². The molecule has 0 saturated heterocycles. The zero-order valence-electron chi connectivity index (χ0n) is 9.00. The summed E-state index contributed by atoms with van der Waals surface area (Å²) >= 11 is 5.46. The fourth-order valence-electron chi connectivity index (χ4n) is 1.62. The van der Waals surface area contributed by atoms with E-state index in [1.807, 2.05) is 0 Å². The number of carbonyl (C=O) groups excluding carboxylic acids is 2. The molecular formula is C11H12N2O2S2. The Morgan fingerprint density at radius 3 is 2.24 bits per heavy atom. The maximum atomic E-state index is 11.9. The molecule has 0 radical (unpaired) electrons. The minimum Gasteiger partial charge on any atom is -0.319 e.